The fourth-order valence-corrected chi connectivity index (χ4v) is 1.54. The molecule has 0 saturated carbocycles. The fourth-order valence-electron chi connectivity index (χ4n) is 1.54. The molecule has 1 aromatic carbocycles. The summed E-state index contributed by atoms with van der Waals surface area (Å²) in [4.78, 5) is 0. The Bertz CT molecular complexity index is 488. The molecule has 0 saturated heterocycles. The average molecular weight is 290 g/mol. The average Bonchev–Trinajstić information content (AvgIpc) is 2.38. The van der Waals surface area contributed by atoms with E-state index in [-0.39, 0.29) is 25.1 Å². The van der Waals surface area contributed by atoms with E-state index < -0.39 is 35.1 Å². The second-order valence-corrected chi connectivity index (χ2v) is 4.44. The van der Waals surface area contributed by atoms with Gasteiger partial charge in [-0.1, -0.05) is 0 Å². The Morgan fingerprint density at radius 2 is 1.75 bits per heavy atom. The number of halogens is 4. The van der Waals surface area contributed by atoms with Gasteiger partial charge in [-0.25, -0.2) is 8.78 Å². The molecular weight excluding hydrogens is 276 g/mol. The van der Waals surface area contributed by atoms with Crippen molar-refractivity contribution in [3.63, 3.8) is 0 Å². The molecule has 0 heterocycles. The first-order valence-electron chi connectivity index (χ1n) is 5.98. The minimum atomic E-state index is -1.59. The molecule has 20 heavy (non-hydrogen) atoms. The first-order chi connectivity index (χ1) is 9.36. The molecule has 1 rings (SSSR count). The van der Waals surface area contributed by atoms with Crippen LogP contribution in [0.5, 0.6) is 5.75 Å². The summed E-state index contributed by atoms with van der Waals surface area (Å²) >= 11 is 0. The molecule has 0 amide bonds. The van der Waals surface area contributed by atoms with Gasteiger partial charge in [0.15, 0.2) is 17.4 Å². The molecule has 0 aliphatic heterocycles. The molecule has 0 spiro atoms. The van der Waals surface area contributed by atoms with Gasteiger partial charge in [0, 0.05) is 18.5 Å². The van der Waals surface area contributed by atoms with E-state index in [2.05, 4.69) is 5.32 Å². The first kappa shape index (κ1) is 16.2. The zero-order chi connectivity index (χ0) is 15.3. The Morgan fingerprint density at radius 3 is 2.20 bits per heavy atom. The Hall–Kier alpha value is -1.81. The Kier molecular flexibility index (Phi) is 5.77. The van der Waals surface area contributed by atoms with Crippen molar-refractivity contribution in [2.24, 2.45) is 0 Å². The van der Waals surface area contributed by atoms with E-state index in [1.807, 2.05) is 19.9 Å². The number of nitriles is 1. The zero-order valence-corrected chi connectivity index (χ0v) is 11.0. The van der Waals surface area contributed by atoms with Gasteiger partial charge in [-0.2, -0.15) is 14.0 Å². The summed E-state index contributed by atoms with van der Waals surface area (Å²) in [7, 11) is 0. The number of hydrogen-bond acceptors (Lipinski definition) is 3. The SMILES string of the molecule is CC(C)NC(C#N)CCOc1c(F)c(F)cc(F)c1F. The van der Waals surface area contributed by atoms with Gasteiger partial charge in [0.1, 0.15) is 0 Å². The number of hydrogen-bond donors (Lipinski definition) is 1. The molecule has 0 aromatic heterocycles. The van der Waals surface area contributed by atoms with Crippen LogP contribution >= 0.6 is 0 Å². The van der Waals surface area contributed by atoms with Crippen LogP contribution < -0.4 is 10.1 Å². The third kappa shape index (κ3) is 4.10. The third-order valence-corrected chi connectivity index (χ3v) is 2.41. The summed E-state index contributed by atoms with van der Waals surface area (Å²) in [5, 5.41) is 11.7. The van der Waals surface area contributed by atoms with Gasteiger partial charge in [0.05, 0.1) is 18.7 Å². The van der Waals surface area contributed by atoms with Crippen molar-refractivity contribution in [3.05, 3.63) is 29.3 Å². The number of ether oxygens (including phenoxy) is 1. The van der Waals surface area contributed by atoms with Crippen molar-refractivity contribution < 1.29 is 22.3 Å². The maximum Gasteiger partial charge on any atom is 0.203 e. The van der Waals surface area contributed by atoms with Crippen LogP contribution in [0.25, 0.3) is 0 Å². The molecule has 110 valence electrons. The van der Waals surface area contributed by atoms with Gasteiger partial charge >= 0.3 is 0 Å². The second kappa shape index (κ2) is 7.10. The van der Waals surface area contributed by atoms with Gasteiger partial charge in [0.25, 0.3) is 0 Å². The van der Waals surface area contributed by atoms with Crippen LogP contribution in [0.1, 0.15) is 20.3 Å². The third-order valence-electron chi connectivity index (χ3n) is 2.41. The summed E-state index contributed by atoms with van der Waals surface area (Å²) in [5.74, 6) is -7.35. The van der Waals surface area contributed by atoms with Crippen LogP contribution in [-0.4, -0.2) is 18.7 Å². The summed E-state index contributed by atoms with van der Waals surface area (Å²) < 4.78 is 57.1. The Balaban J connectivity index is 2.69. The van der Waals surface area contributed by atoms with Crippen molar-refractivity contribution in [1.29, 1.82) is 5.26 Å². The molecule has 0 aliphatic carbocycles. The van der Waals surface area contributed by atoms with Crippen molar-refractivity contribution in [3.8, 4) is 11.8 Å². The smallest absolute Gasteiger partial charge is 0.203 e. The van der Waals surface area contributed by atoms with Crippen LogP contribution in [0, 0.1) is 34.6 Å². The van der Waals surface area contributed by atoms with Gasteiger partial charge in [-0.15, -0.1) is 0 Å². The van der Waals surface area contributed by atoms with Crippen molar-refractivity contribution in [2.75, 3.05) is 6.61 Å². The van der Waals surface area contributed by atoms with E-state index >= 15 is 0 Å². The van der Waals surface area contributed by atoms with Crippen molar-refractivity contribution >= 4 is 0 Å². The lowest BCUT2D eigenvalue weighted by molar-refractivity contribution is 0.257. The largest absolute Gasteiger partial charge is 0.487 e. The molecule has 0 bridgehead atoms. The van der Waals surface area contributed by atoms with Crippen LogP contribution in [0.15, 0.2) is 6.07 Å². The van der Waals surface area contributed by atoms with E-state index in [0.29, 0.717) is 0 Å². The zero-order valence-electron chi connectivity index (χ0n) is 11.0. The summed E-state index contributed by atoms with van der Waals surface area (Å²) in [6.45, 7) is 3.40. The fraction of sp³-hybridized carbons (Fsp3) is 0.462. The molecule has 0 fully saturated rings. The van der Waals surface area contributed by atoms with E-state index in [0.717, 1.165) is 0 Å². The highest BCUT2D eigenvalue weighted by atomic mass is 19.2. The van der Waals surface area contributed by atoms with Gasteiger partial charge < -0.3 is 4.74 Å². The first-order valence-corrected chi connectivity index (χ1v) is 5.98. The highest BCUT2D eigenvalue weighted by Crippen LogP contribution is 2.26. The van der Waals surface area contributed by atoms with Gasteiger partial charge in [0.2, 0.25) is 11.6 Å². The Labute approximate surface area is 114 Å². The normalized spacial score (nSPS) is 12.3. The molecule has 0 aliphatic rings. The molecule has 1 N–H and O–H groups in total. The van der Waals surface area contributed by atoms with Crippen molar-refractivity contribution in [2.45, 2.75) is 32.4 Å². The molecule has 1 atom stereocenters. The molecule has 1 aromatic rings. The maximum absolute atomic E-state index is 13.3. The predicted molar refractivity (Wildman–Crippen MR) is 64.1 cm³/mol. The number of benzene rings is 1. The highest BCUT2D eigenvalue weighted by molar-refractivity contribution is 5.28. The molecule has 3 nitrogen and oxygen atoms in total. The molecular formula is C13H14F4N2O. The highest BCUT2D eigenvalue weighted by Gasteiger charge is 2.21. The molecule has 7 heteroatoms. The lowest BCUT2D eigenvalue weighted by Crippen LogP contribution is -2.34. The van der Waals surface area contributed by atoms with Crippen LogP contribution in [0.4, 0.5) is 17.6 Å². The van der Waals surface area contributed by atoms with Crippen LogP contribution in [-0.2, 0) is 0 Å². The molecule has 1 unspecified atom stereocenters. The van der Waals surface area contributed by atoms with E-state index in [9.17, 15) is 17.6 Å². The lowest BCUT2D eigenvalue weighted by Gasteiger charge is -2.15. The molecule has 0 radical (unpaired) electrons. The number of nitrogens with one attached hydrogen (secondary N) is 1. The standard InChI is InChI=1S/C13H14F4N2O/c1-7(2)19-8(6-18)3-4-20-13-11(16)9(14)5-10(15)12(13)17/h5,7-8,19H,3-4H2,1-2H3. The maximum atomic E-state index is 13.3. The lowest BCUT2D eigenvalue weighted by atomic mass is 10.2. The second-order valence-electron chi connectivity index (χ2n) is 4.44. The predicted octanol–water partition coefficient (Wildman–Crippen LogP) is 2.90. The minimum absolute atomic E-state index is 0.0414. The monoisotopic (exact) mass is 290 g/mol. The topological polar surface area (TPSA) is 45.0 Å². The van der Waals surface area contributed by atoms with Crippen LogP contribution in [0.2, 0.25) is 0 Å². The van der Waals surface area contributed by atoms with E-state index in [1.54, 1.807) is 0 Å². The summed E-state index contributed by atoms with van der Waals surface area (Å²) in [5.41, 5.74) is 0. The number of rotatable bonds is 6. The summed E-state index contributed by atoms with van der Waals surface area (Å²) in [6.07, 6.45) is 0.117. The number of nitrogens with zero attached hydrogens (tertiary/aromatic N) is 1. The van der Waals surface area contributed by atoms with Crippen molar-refractivity contribution in [1.82, 2.24) is 5.32 Å². The van der Waals surface area contributed by atoms with E-state index in [4.69, 9.17) is 10.00 Å². The van der Waals surface area contributed by atoms with Gasteiger partial charge in [-0.3, -0.25) is 5.32 Å². The van der Waals surface area contributed by atoms with E-state index in [1.165, 1.54) is 0 Å². The quantitative estimate of drug-likeness (QED) is 0.647. The van der Waals surface area contributed by atoms with Gasteiger partial charge in [-0.05, 0) is 13.8 Å². The summed E-state index contributed by atoms with van der Waals surface area (Å²) in [6, 6.07) is 1.51. The Morgan fingerprint density at radius 1 is 1.20 bits per heavy atom. The minimum Gasteiger partial charge on any atom is -0.487 e. The van der Waals surface area contributed by atoms with Crippen LogP contribution in [0.3, 0.4) is 0 Å².